The maximum atomic E-state index is 12.7. The van der Waals surface area contributed by atoms with E-state index >= 15 is 0 Å². The molecular weight excluding hydrogens is 424 g/mol. The van der Waals surface area contributed by atoms with Crippen LogP contribution in [0.1, 0.15) is 12.5 Å². The lowest BCUT2D eigenvalue weighted by atomic mass is 10.2. The zero-order valence-electron chi connectivity index (χ0n) is 18.7. The van der Waals surface area contributed by atoms with Crippen LogP contribution in [0.3, 0.4) is 0 Å². The van der Waals surface area contributed by atoms with Crippen LogP contribution in [0, 0.1) is 0 Å². The normalized spacial score (nSPS) is 12.6. The van der Waals surface area contributed by atoms with Gasteiger partial charge in [0, 0.05) is 23.5 Å². The molecule has 0 aromatic heterocycles. The first-order valence-corrected chi connectivity index (χ1v) is 10.5. The van der Waals surface area contributed by atoms with Crippen molar-refractivity contribution in [2.45, 2.75) is 19.6 Å². The van der Waals surface area contributed by atoms with Gasteiger partial charge in [0.1, 0.15) is 18.4 Å². The summed E-state index contributed by atoms with van der Waals surface area (Å²) in [7, 11) is 3.12. The Balaban J connectivity index is 1.34. The van der Waals surface area contributed by atoms with Crippen LogP contribution < -0.4 is 34.3 Å². The van der Waals surface area contributed by atoms with Crippen molar-refractivity contribution in [3.63, 3.8) is 0 Å². The highest BCUT2D eigenvalue weighted by atomic mass is 16.7. The lowest BCUT2D eigenvalue weighted by molar-refractivity contribution is -0.116. The second-order valence-electron chi connectivity index (χ2n) is 7.43. The predicted molar refractivity (Wildman–Crippen MR) is 125 cm³/mol. The molecule has 0 bridgehead atoms. The fourth-order valence-corrected chi connectivity index (χ4v) is 3.36. The molecule has 8 nitrogen and oxygen atoms in total. The number of rotatable bonds is 9. The second-order valence-corrected chi connectivity index (χ2v) is 7.43. The summed E-state index contributed by atoms with van der Waals surface area (Å²) in [6.45, 7) is 2.40. The van der Waals surface area contributed by atoms with E-state index in [1.54, 1.807) is 39.3 Å². The van der Waals surface area contributed by atoms with Crippen LogP contribution in [0.4, 0.5) is 11.4 Å². The molecule has 33 heavy (non-hydrogen) atoms. The quantitative estimate of drug-likeness (QED) is 0.498. The molecule has 1 aliphatic rings. The van der Waals surface area contributed by atoms with Gasteiger partial charge in [-0.1, -0.05) is 12.1 Å². The Hall–Kier alpha value is -4.07. The zero-order chi connectivity index (χ0) is 23.2. The molecule has 8 heteroatoms. The van der Waals surface area contributed by atoms with E-state index in [0.717, 1.165) is 11.3 Å². The van der Waals surface area contributed by atoms with Crippen LogP contribution >= 0.6 is 0 Å². The average Bonchev–Trinajstić information content (AvgIpc) is 3.31. The topological polar surface area (TPSA) is 87.3 Å². The third kappa shape index (κ3) is 5.41. The van der Waals surface area contributed by atoms with Crippen molar-refractivity contribution < 1.29 is 28.5 Å². The fourth-order valence-electron chi connectivity index (χ4n) is 3.36. The first-order valence-electron chi connectivity index (χ1n) is 10.5. The van der Waals surface area contributed by atoms with E-state index < -0.39 is 6.04 Å². The van der Waals surface area contributed by atoms with Gasteiger partial charge in [0.15, 0.2) is 23.0 Å². The smallest absolute Gasteiger partial charge is 0.246 e. The minimum atomic E-state index is -0.469. The maximum absolute atomic E-state index is 12.7. The first kappa shape index (κ1) is 22.1. The van der Waals surface area contributed by atoms with Gasteiger partial charge < -0.3 is 34.3 Å². The summed E-state index contributed by atoms with van der Waals surface area (Å²) in [4.78, 5) is 12.7. The van der Waals surface area contributed by atoms with Crippen molar-refractivity contribution in [1.82, 2.24) is 0 Å². The van der Waals surface area contributed by atoms with E-state index in [-0.39, 0.29) is 12.7 Å². The Morgan fingerprint density at radius 2 is 1.76 bits per heavy atom. The van der Waals surface area contributed by atoms with Crippen molar-refractivity contribution in [3.05, 3.63) is 66.2 Å². The number of benzene rings is 3. The molecule has 1 aliphatic heterocycles. The summed E-state index contributed by atoms with van der Waals surface area (Å²) >= 11 is 0. The molecule has 0 spiro atoms. The van der Waals surface area contributed by atoms with Gasteiger partial charge in [0.2, 0.25) is 12.7 Å². The Morgan fingerprint density at radius 1 is 0.939 bits per heavy atom. The molecule has 172 valence electrons. The lowest BCUT2D eigenvalue weighted by Gasteiger charge is -2.17. The molecule has 3 aromatic carbocycles. The molecule has 0 radical (unpaired) electrons. The minimum absolute atomic E-state index is 0.177. The minimum Gasteiger partial charge on any atom is -0.493 e. The van der Waals surface area contributed by atoms with Crippen LogP contribution in [0.2, 0.25) is 0 Å². The Morgan fingerprint density at radius 3 is 2.58 bits per heavy atom. The number of methoxy groups -OCH3 is 2. The summed E-state index contributed by atoms with van der Waals surface area (Å²) in [6, 6.07) is 18.0. The van der Waals surface area contributed by atoms with Crippen molar-refractivity contribution in [2.75, 3.05) is 31.6 Å². The van der Waals surface area contributed by atoms with Gasteiger partial charge >= 0.3 is 0 Å². The van der Waals surface area contributed by atoms with E-state index in [4.69, 9.17) is 23.7 Å². The predicted octanol–water partition coefficient (Wildman–Crippen LogP) is 4.45. The van der Waals surface area contributed by atoms with Gasteiger partial charge in [-0.05, 0) is 48.9 Å². The first-order chi connectivity index (χ1) is 16.1. The molecule has 1 heterocycles. The number of carbonyl (C=O) groups excluding carboxylic acids is 1. The maximum Gasteiger partial charge on any atom is 0.246 e. The Bertz CT molecular complexity index is 1130. The second kappa shape index (κ2) is 10.0. The van der Waals surface area contributed by atoms with Crippen molar-refractivity contribution in [3.8, 4) is 28.7 Å². The average molecular weight is 450 g/mol. The number of carbonyl (C=O) groups is 1. The van der Waals surface area contributed by atoms with E-state index in [9.17, 15) is 4.79 Å². The van der Waals surface area contributed by atoms with Crippen molar-refractivity contribution in [2.24, 2.45) is 0 Å². The SMILES string of the molecule is COc1ccc(NC(=O)C(C)Nc2cccc(COc3ccc4c(c3)OCO4)c2)cc1OC. The van der Waals surface area contributed by atoms with E-state index in [0.29, 0.717) is 41.0 Å². The van der Waals surface area contributed by atoms with Gasteiger partial charge in [-0.25, -0.2) is 0 Å². The number of amides is 1. The lowest BCUT2D eigenvalue weighted by Crippen LogP contribution is -2.31. The van der Waals surface area contributed by atoms with Crippen LogP contribution in [-0.4, -0.2) is 33.0 Å². The number of hydrogen-bond donors (Lipinski definition) is 2. The summed E-state index contributed by atoms with van der Waals surface area (Å²) in [5.74, 6) is 3.06. The molecule has 3 aromatic rings. The summed E-state index contributed by atoms with van der Waals surface area (Å²) in [6.07, 6.45) is 0. The molecule has 0 fully saturated rings. The summed E-state index contributed by atoms with van der Waals surface area (Å²) in [5.41, 5.74) is 2.40. The third-order valence-electron chi connectivity index (χ3n) is 5.10. The Labute approximate surface area is 192 Å². The molecule has 0 saturated carbocycles. The van der Waals surface area contributed by atoms with Crippen molar-refractivity contribution >= 4 is 17.3 Å². The number of nitrogens with one attached hydrogen (secondary N) is 2. The molecule has 0 saturated heterocycles. The molecule has 1 atom stereocenters. The molecule has 1 amide bonds. The molecule has 2 N–H and O–H groups in total. The monoisotopic (exact) mass is 450 g/mol. The van der Waals surface area contributed by atoms with Gasteiger partial charge in [-0.3, -0.25) is 4.79 Å². The van der Waals surface area contributed by atoms with E-state index in [2.05, 4.69) is 10.6 Å². The van der Waals surface area contributed by atoms with Crippen LogP contribution in [0.5, 0.6) is 28.7 Å². The van der Waals surface area contributed by atoms with Crippen LogP contribution in [0.15, 0.2) is 60.7 Å². The van der Waals surface area contributed by atoms with Crippen LogP contribution in [0.25, 0.3) is 0 Å². The summed E-state index contributed by atoms with van der Waals surface area (Å²) < 4.78 is 27.1. The molecular formula is C25H26N2O6. The van der Waals surface area contributed by atoms with Gasteiger partial charge in [-0.15, -0.1) is 0 Å². The highest BCUT2D eigenvalue weighted by molar-refractivity contribution is 5.96. The van der Waals surface area contributed by atoms with Gasteiger partial charge in [-0.2, -0.15) is 0 Å². The highest BCUT2D eigenvalue weighted by Crippen LogP contribution is 2.35. The van der Waals surface area contributed by atoms with Gasteiger partial charge in [0.05, 0.1) is 14.2 Å². The zero-order valence-corrected chi connectivity index (χ0v) is 18.7. The number of hydrogen-bond acceptors (Lipinski definition) is 7. The summed E-state index contributed by atoms with van der Waals surface area (Å²) in [5, 5.41) is 6.11. The van der Waals surface area contributed by atoms with Crippen molar-refractivity contribution in [1.29, 1.82) is 0 Å². The van der Waals surface area contributed by atoms with E-state index in [1.807, 2.05) is 42.5 Å². The molecule has 1 unspecified atom stereocenters. The van der Waals surface area contributed by atoms with Crippen LogP contribution in [-0.2, 0) is 11.4 Å². The van der Waals surface area contributed by atoms with Gasteiger partial charge in [0.25, 0.3) is 0 Å². The third-order valence-corrected chi connectivity index (χ3v) is 5.10. The number of ether oxygens (including phenoxy) is 5. The Kier molecular flexibility index (Phi) is 6.73. The largest absolute Gasteiger partial charge is 0.493 e. The molecule has 0 aliphatic carbocycles. The molecule has 4 rings (SSSR count). The fraction of sp³-hybridized carbons (Fsp3) is 0.240. The number of fused-ring (bicyclic) bond motifs is 1. The standard InChI is InChI=1S/C25H26N2O6/c1-16(25(28)27-19-7-9-21(29-2)23(12-19)30-3)26-18-6-4-5-17(11-18)14-31-20-8-10-22-24(13-20)33-15-32-22/h4-13,16,26H,14-15H2,1-3H3,(H,27,28). The number of anilines is 2. The highest BCUT2D eigenvalue weighted by Gasteiger charge is 2.15. The van der Waals surface area contributed by atoms with E-state index in [1.165, 1.54) is 0 Å².